The van der Waals surface area contributed by atoms with Crippen molar-refractivity contribution in [3.05, 3.63) is 30.1 Å². The van der Waals surface area contributed by atoms with Crippen LogP contribution in [-0.4, -0.2) is 15.8 Å². The maximum Gasteiger partial charge on any atom is 0.187 e. The maximum absolute atomic E-state index is 11.9. The van der Waals surface area contributed by atoms with E-state index in [-0.39, 0.29) is 17.4 Å². The average molecular weight is 380 g/mol. The van der Waals surface area contributed by atoms with Gasteiger partial charge in [0.2, 0.25) is 0 Å². The molecule has 8 unspecified atom stereocenters. The van der Waals surface area contributed by atoms with Gasteiger partial charge in [0.25, 0.3) is 0 Å². The second-order valence-electron chi connectivity index (χ2n) is 10.7. The van der Waals surface area contributed by atoms with Crippen LogP contribution in [0.5, 0.6) is 0 Å². The van der Waals surface area contributed by atoms with Gasteiger partial charge in [0.1, 0.15) is 6.04 Å². The van der Waals surface area contributed by atoms with Crippen molar-refractivity contribution in [2.24, 2.45) is 51.2 Å². The highest BCUT2D eigenvalue weighted by Crippen LogP contribution is 2.70. The summed E-state index contributed by atoms with van der Waals surface area (Å²) in [5.41, 5.74) is 0.0230. The van der Waals surface area contributed by atoms with Gasteiger partial charge >= 0.3 is 0 Å². The molecule has 2 heterocycles. The molecule has 1 aromatic rings. The summed E-state index contributed by atoms with van der Waals surface area (Å²) in [5, 5.41) is 21.1. The first-order valence-corrected chi connectivity index (χ1v) is 11.7. The molecule has 4 fully saturated rings. The standard InChI is InChI=1S/C24H33N3O/c1-23-11-10-18-17-7-3-2-5-15(17)8-9-19(18)20(23)13-21-22(26-27-24(21,23)28)16-6-4-12-25-14-16/h4,6,12,14-15,17-22,28H,2-3,5,7-11,13H2,1H3/t15?,17?,18?,19?,20?,21?,22?,23-,24?/m0/s1. The number of azo groups is 1. The van der Waals surface area contributed by atoms with Crippen LogP contribution in [0.1, 0.15) is 76.3 Å². The number of aliphatic hydroxyl groups is 1. The van der Waals surface area contributed by atoms with Crippen LogP contribution >= 0.6 is 0 Å². The molecular weight excluding hydrogens is 346 g/mol. The Hall–Kier alpha value is -1.29. The molecule has 0 saturated heterocycles. The van der Waals surface area contributed by atoms with Crippen molar-refractivity contribution >= 4 is 0 Å². The molecule has 4 nitrogen and oxygen atoms in total. The first-order chi connectivity index (χ1) is 13.6. The van der Waals surface area contributed by atoms with E-state index in [2.05, 4.69) is 28.2 Å². The molecule has 4 heteroatoms. The molecule has 1 N–H and O–H groups in total. The van der Waals surface area contributed by atoms with Crippen LogP contribution in [0.4, 0.5) is 0 Å². The maximum atomic E-state index is 11.9. The molecule has 150 valence electrons. The average Bonchev–Trinajstić information content (AvgIpc) is 3.19. The highest BCUT2D eigenvalue weighted by Gasteiger charge is 2.70. The van der Waals surface area contributed by atoms with Gasteiger partial charge in [-0.2, -0.15) is 10.2 Å². The number of aromatic nitrogens is 1. The summed E-state index contributed by atoms with van der Waals surface area (Å²) >= 11 is 0. The van der Waals surface area contributed by atoms with Crippen molar-refractivity contribution in [1.29, 1.82) is 0 Å². The van der Waals surface area contributed by atoms with Crippen molar-refractivity contribution in [3.8, 4) is 0 Å². The number of hydrogen-bond acceptors (Lipinski definition) is 4. The van der Waals surface area contributed by atoms with Crippen molar-refractivity contribution in [2.75, 3.05) is 0 Å². The van der Waals surface area contributed by atoms with Gasteiger partial charge in [0.05, 0.1) is 0 Å². The Morgan fingerprint density at radius 3 is 2.75 bits per heavy atom. The molecule has 9 atom stereocenters. The van der Waals surface area contributed by atoms with E-state index in [0.29, 0.717) is 5.92 Å². The lowest BCUT2D eigenvalue weighted by Gasteiger charge is -2.56. The van der Waals surface area contributed by atoms with Crippen LogP contribution in [0.3, 0.4) is 0 Å². The lowest BCUT2D eigenvalue weighted by molar-refractivity contribution is -0.134. The molecular formula is C24H33N3O. The summed E-state index contributed by atoms with van der Waals surface area (Å²) in [4.78, 5) is 4.30. The van der Waals surface area contributed by atoms with E-state index in [9.17, 15) is 5.11 Å². The Morgan fingerprint density at radius 2 is 1.89 bits per heavy atom. The van der Waals surface area contributed by atoms with Gasteiger partial charge in [-0.15, -0.1) is 0 Å². The number of pyridine rings is 1. The second kappa shape index (κ2) is 6.10. The molecule has 0 radical (unpaired) electrons. The molecule has 6 rings (SSSR count). The highest BCUT2D eigenvalue weighted by atomic mass is 16.3. The lowest BCUT2D eigenvalue weighted by Crippen LogP contribution is -2.53. The van der Waals surface area contributed by atoms with E-state index in [1.807, 2.05) is 18.5 Å². The van der Waals surface area contributed by atoms with Crippen molar-refractivity contribution in [1.82, 2.24) is 4.98 Å². The largest absolute Gasteiger partial charge is 0.367 e. The Labute approximate surface area is 168 Å². The highest BCUT2D eigenvalue weighted by molar-refractivity contribution is 5.24. The minimum Gasteiger partial charge on any atom is -0.367 e. The quantitative estimate of drug-likeness (QED) is 0.696. The summed E-state index contributed by atoms with van der Waals surface area (Å²) < 4.78 is 0. The minimum atomic E-state index is -0.980. The van der Waals surface area contributed by atoms with Crippen LogP contribution in [0.15, 0.2) is 34.8 Å². The molecule has 0 aromatic carbocycles. The van der Waals surface area contributed by atoms with Crippen LogP contribution in [0.2, 0.25) is 0 Å². The molecule has 28 heavy (non-hydrogen) atoms. The normalized spacial score (nSPS) is 51.9. The fraction of sp³-hybridized carbons (Fsp3) is 0.792. The summed E-state index contributed by atoms with van der Waals surface area (Å²) in [6.45, 7) is 2.34. The number of fused-ring (bicyclic) bond motifs is 7. The monoisotopic (exact) mass is 379 g/mol. The number of rotatable bonds is 1. The van der Waals surface area contributed by atoms with Gasteiger partial charge in [-0.25, -0.2) is 0 Å². The smallest absolute Gasteiger partial charge is 0.187 e. The predicted octanol–water partition coefficient (Wildman–Crippen LogP) is 5.55. The van der Waals surface area contributed by atoms with E-state index < -0.39 is 5.72 Å². The van der Waals surface area contributed by atoms with Gasteiger partial charge in [0, 0.05) is 23.7 Å². The summed E-state index contributed by atoms with van der Waals surface area (Å²) in [5.74, 6) is 4.36. The van der Waals surface area contributed by atoms with Crippen LogP contribution in [-0.2, 0) is 0 Å². The van der Waals surface area contributed by atoms with Crippen molar-refractivity contribution in [3.63, 3.8) is 0 Å². The Bertz CT molecular complexity index is 781. The predicted molar refractivity (Wildman–Crippen MR) is 107 cm³/mol. The number of hydrogen-bond donors (Lipinski definition) is 1. The minimum absolute atomic E-state index is 0.0226. The molecule has 0 spiro atoms. The van der Waals surface area contributed by atoms with Gasteiger partial charge < -0.3 is 5.11 Å². The first-order valence-electron chi connectivity index (χ1n) is 11.7. The lowest BCUT2D eigenvalue weighted by atomic mass is 9.50. The van der Waals surface area contributed by atoms with Crippen molar-refractivity contribution < 1.29 is 5.11 Å². The van der Waals surface area contributed by atoms with E-state index in [4.69, 9.17) is 0 Å². The van der Waals surface area contributed by atoms with E-state index in [1.54, 1.807) is 0 Å². The molecule has 4 aliphatic carbocycles. The Morgan fingerprint density at radius 1 is 1.00 bits per heavy atom. The van der Waals surface area contributed by atoms with E-state index in [0.717, 1.165) is 42.1 Å². The molecule has 0 bridgehead atoms. The molecule has 4 saturated carbocycles. The molecule has 1 aliphatic heterocycles. The van der Waals surface area contributed by atoms with Crippen LogP contribution < -0.4 is 0 Å². The zero-order valence-corrected chi connectivity index (χ0v) is 17.0. The fourth-order valence-electron chi connectivity index (χ4n) is 8.52. The van der Waals surface area contributed by atoms with Crippen molar-refractivity contribution in [2.45, 2.75) is 76.5 Å². The van der Waals surface area contributed by atoms with E-state index >= 15 is 0 Å². The van der Waals surface area contributed by atoms with Crippen LogP contribution in [0.25, 0.3) is 0 Å². The van der Waals surface area contributed by atoms with Gasteiger partial charge in [-0.05, 0) is 79.7 Å². The van der Waals surface area contributed by atoms with Gasteiger partial charge in [-0.1, -0.05) is 32.3 Å². The zero-order valence-electron chi connectivity index (χ0n) is 17.0. The third kappa shape index (κ3) is 2.19. The first kappa shape index (κ1) is 17.6. The molecule has 0 amide bonds. The second-order valence-corrected chi connectivity index (χ2v) is 10.7. The Balaban J connectivity index is 1.33. The SMILES string of the molecule is C[C@]12CCC3C4CCCCC4CCC3C1CC1C(c3cccnc3)N=NC12O. The van der Waals surface area contributed by atoms with Gasteiger partial charge in [-0.3, -0.25) is 4.98 Å². The third-order valence-electron chi connectivity index (χ3n) is 9.88. The third-order valence-corrected chi connectivity index (χ3v) is 9.88. The summed E-state index contributed by atoms with van der Waals surface area (Å²) in [7, 11) is 0. The summed E-state index contributed by atoms with van der Waals surface area (Å²) in [6.07, 6.45) is 15.8. The summed E-state index contributed by atoms with van der Waals surface area (Å²) in [6, 6.07) is 4.06. The fourth-order valence-corrected chi connectivity index (χ4v) is 8.52. The molecule has 5 aliphatic rings. The topological polar surface area (TPSA) is 57.8 Å². The zero-order chi connectivity index (χ0) is 18.9. The number of nitrogens with zero attached hydrogens (tertiary/aromatic N) is 3. The Kier molecular flexibility index (Phi) is 3.83. The van der Waals surface area contributed by atoms with E-state index in [1.165, 1.54) is 44.9 Å². The molecule has 1 aromatic heterocycles. The van der Waals surface area contributed by atoms with Gasteiger partial charge in [0.15, 0.2) is 5.72 Å². The van der Waals surface area contributed by atoms with Crippen LogP contribution in [0, 0.1) is 40.9 Å².